The van der Waals surface area contributed by atoms with Gasteiger partial charge in [0, 0.05) is 24.7 Å². The number of carbonyl (C=O) groups is 1. The molecule has 3 nitrogen and oxygen atoms in total. The van der Waals surface area contributed by atoms with Gasteiger partial charge in [0.15, 0.2) is 0 Å². The minimum Gasteiger partial charge on any atom is -0.332 e. The molecule has 2 unspecified atom stereocenters. The highest BCUT2D eigenvalue weighted by Gasteiger charge is 2.32. The fourth-order valence-electron chi connectivity index (χ4n) is 2.84. The molecule has 2 atom stereocenters. The van der Waals surface area contributed by atoms with Crippen molar-refractivity contribution in [2.75, 3.05) is 6.54 Å². The highest BCUT2D eigenvalue weighted by atomic mass is 19.1. The number of halogens is 2. The molecule has 110 valence electrons. The molecule has 0 radical (unpaired) electrons. The van der Waals surface area contributed by atoms with E-state index >= 15 is 0 Å². The summed E-state index contributed by atoms with van der Waals surface area (Å²) in [6.45, 7) is 3.82. The van der Waals surface area contributed by atoms with Crippen LogP contribution in [-0.4, -0.2) is 29.4 Å². The first-order chi connectivity index (χ1) is 9.45. The van der Waals surface area contributed by atoms with Crippen molar-refractivity contribution < 1.29 is 13.6 Å². The smallest absolute Gasteiger partial charge is 0.257 e. The van der Waals surface area contributed by atoms with Crippen molar-refractivity contribution in [2.24, 2.45) is 5.73 Å². The fourth-order valence-corrected chi connectivity index (χ4v) is 2.84. The summed E-state index contributed by atoms with van der Waals surface area (Å²) in [5.74, 6) is -1.85. The van der Waals surface area contributed by atoms with Crippen molar-refractivity contribution in [3.63, 3.8) is 0 Å². The van der Waals surface area contributed by atoms with Crippen molar-refractivity contribution in [3.8, 4) is 0 Å². The average molecular weight is 282 g/mol. The van der Waals surface area contributed by atoms with Crippen LogP contribution in [0, 0.1) is 18.6 Å². The molecule has 1 aliphatic rings. The third-order valence-electron chi connectivity index (χ3n) is 4.01. The van der Waals surface area contributed by atoms with E-state index in [0.717, 1.165) is 25.3 Å². The van der Waals surface area contributed by atoms with Gasteiger partial charge in [0.25, 0.3) is 5.91 Å². The van der Waals surface area contributed by atoms with Gasteiger partial charge in [-0.3, -0.25) is 4.79 Å². The Labute approximate surface area is 117 Å². The van der Waals surface area contributed by atoms with Gasteiger partial charge in [-0.15, -0.1) is 0 Å². The number of carbonyl (C=O) groups excluding carboxylic acids is 1. The Morgan fingerprint density at radius 2 is 2.05 bits per heavy atom. The number of likely N-dealkylation sites (tertiary alicyclic amines) is 1. The average Bonchev–Trinajstić information content (AvgIpc) is 2.41. The molecule has 1 fully saturated rings. The molecule has 2 rings (SSSR count). The molecule has 0 spiro atoms. The lowest BCUT2D eigenvalue weighted by Gasteiger charge is -2.40. The van der Waals surface area contributed by atoms with Crippen LogP contribution in [0.15, 0.2) is 12.1 Å². The minimum absolute atomic E-state index is 0.0227. The highest BCUT2D eigenvalue weighted by molar-refractivity contribution is 5.95. The second-order valence-electron chi connectivity index (χ2n) is 5.46. The van der Waals surface area contributed by atoms with E-state index in [1.807, 2.05) is 6.92 Å². The van der Waals surface area contributed by atoms with E-state index < -0.39 is 17.5 Å². The van der Waals surface area contributed by atoms with Crippen LogP contribution in [0.2, 0.25) is 0 Å². The number of hydrogen-bond acceptors (Lipinski definition) is 2. The molecular weight excluding hydrogens is 262 g/mol. The normalized spacial score (nSPS) is 22.9. The molecule has 1 aromatic carbocycles. The van der Waals surface area contributed by atoms with Gasteiger partial charge in [-0.25, -0.2) is 8.78 Å². The second-order valence-corrected chi connectivity index (χ2v) is 5.46. The molecule has 0 saturated carbocycles. The molecule has 0 aromatic heterocycles. The molecule has 1 aliphatic heterocycles. The van der Waals surface area contributed by atoms with Crippen molar-refractivity contribution in [1.29, 1.82) is 0 Å². The Kier molecular flexibility index (Phi) is 4.38. The monoisotopic (exact) mass is 282 g/mol. The molecule has 2 N–H and O–H groups in total. The summed E-state index contributed by atoms with van der Waals surface area (Å²) in [6, 6.07) is 2.00. The van der Waals surface area contributed by atoms with E-state index in [1.54, 1.807) is 4.90 Å². The van der Waals surface area contributed by atoms with Crippen LogP contribution in [0.1, 0.15) is 42.1 Å². The van der Waals surface area contributed by atoms with E-state index in [-0.39, 0.29) is 23.2 Å². The Bertz CT molecular complexity index is 519. The molecule has 1 heterocycles. The number of aryl methyl sites for hydroxylation is 1. The van der Waals surface area contributed by atoms with Crippen LogP contribution in [0.5, 0.6) is 0 Å². The number of nitrogens with zero attached hydrogens (tertiary/aromatic N) is 1. The van der Waals surface area contributed by atoms with Gasteiger partial charge in [0.1, 0.15) is 11.6 Å². The lowest BCUT2D eigenvalue weighted by atomic mass is 9.95. The fraction of sp³-hybridized carbons (Fsp3) is 0.533. The van der Waals surface area contributed by atoms with E-state index in [2.05, 4.69) is 0 Å². The zero-order chi connectivity index (χ0) is 14.9. The van der Waals surface area contributed by atoms with Crippen LogP contribution < -0.4 is 5.73 Å². The summed E-state index contributed by atoms with van der Waals surface area (Å²) >= 11 is 0. The molecule has 0 bridgehead atoms. The van der Waals surface area contributed by atoms with Gasteiger partial charge >= 0.3 is 0 Å². The molecule has 0 aliphatic carbocycles. The number of piperidine rings is 1. The van der Waals surface area contributed by atoms with Crippen LogP contribution >= 0.6 is 0 Å². The van der Waals surface area contributed by atoms with Gasteiger partial charge in [0.05, 0.1) is 5.56 Å². The molecule has 1 saturated heterocycles. The van der Waals surface area contributed by atoms with Gasteiger partial charge in [0.2, 0.25) is 0 Å². The van der Waals surface area contributed by atoms with Crippen molar-refractivity contribution >= 4 is 5.91 Å². The summed E-state index contributed by atoms with van der Waals surface area (Å²) < 4.78 is 27.2. The minimum atomic E-state index is -0.813. The molecule has 1 amide bonds. The number of hydrogen-bond donors (Lipinski definition) is 1. The number of benzene rings is 1. The van der Waals surface area contributed by atoms with Crippen molar-refractivity contribution in [3.05, 3.63) is 34.9 Å². The first kappa shape index (κ1) is 14.9. The van der Waals surface area contributed by atoms with E-state index in [4.69, 9.17) is 5.73 Å². The SMILES string of the molecule is Cc1cc(C(=O)N2C(C)CCCC2CN)c(F)cc1F. The molecular formula is C15H20F2N2O. The standard InChI is InChI=1S/C15H20F2N2O/c1-9-6-12(14(17)7-13(9)16)15(20)19-10(2)4-3-5-11(19)8-18/h6-7,10-11H,3-5,8,18H2,1-2H3. The largest absolute Gasteiger partial charge is 0.332 e. The predicted octanol–water partition coefficient (Wildman–Crippen LogP) is 2.62. The van der Waals surface area contributed by atoms with Gasteiger partial charge in [-0.1, -0.05) is 0 Å². The quantitative estimate of drug-likeness (QED) is 0.906. The van der Waals surface area contributed by atoms with Crippen LogP contribution in [0.25, 0.3) is 0 Å². The third-order valence-corrected chi connectivity index (χ3v) is 4.01. The first-order valence-corrected chi connectivity index (χ1v) is 6.94. The van der Waals surface area contributed by atoms with Crippen LogP contribution in [-0.2, 0) is 0 Å². The van der Waals surface area contributed by atoms with Gasteiger partial charge < -0.3 is 10.6 Å². The summed E-state index contributed by atoms with van der Waals surface area (Å²) in [5.41, 5.74) is 5.91. The summed E-state index contributed by atoms with van der Waals surface area (Å²) in [6.07, 6.45) is 2.72. The molecule has 5 heteroatoms. The lowest BCUT2D eigenvalue weighted by molar-refractivity contribution is 0.0489. The Hall–Kier alpha value is -1.49. The highest BCUT2D eigenvalue weighted by Crippen LogP contribution is 2.26. The van der Waals surface area contributed by atoms with E-state index in [9.17, 15) is 13.6 Å². The lowest BCUT2D eigenvalue weighted by Crippen LogP contribution is -2.52. The van der Waals surface area contributed by atoms with Crippen LogP contribution in [0.4, 0.5) is 8.78 Å². The molecule has 1 aromatic rings. The Morgan fingerprint density at radius 3 is 2.70 bits per heavy atom. The first-order valence-electron chi connectivity index (χ1n) is 6.94. The maximum absolute atomic E-state index is 13.9. The topological polar surface area (TPSA) is 46.3 Å². The third kappa shape index (κ3) is 2.68. The number of rotatable bonds is 2. The van der Waals surface area contributed by atoms with Crippen LogP contribution in [0.3, 0.4) is 0 Å². The number of amides is 1. The zero-order valence-corrected chi connectivity index (χ0v) is 11.8. The molecule has 20 heavy (non-hydrogen) atoms. The van der Waals surface area contributed by atoms with Gasteiger partial charge in [-0.2, -0.15) is 0 Å². The predicted molar refractivity (Wildman–Crippen MR) is 73.4 cm³/mol. The maximum Gasteiger partial charge on any atom is 0.257 e. The zero-order valence-electron chi connectivity index (χ0n) is 11.8. The summed E-state index contributed by atoms with van der Waals surface area (Å²) in [4.78, 5) is 14.2. The van der Waals surface area contributed by atoms with Gasteiger partial charge in [-0.05, 0) is 44.7 Å². The Balaban J connectivity index is 2.36. The second kappa shape index (κ2) is 5.87. The summed E-state index contributed by atoms with van der Waals surface area (Å²) in [7, 11) is 0. The summed E-state index contributed by atoms with van der Waals surface area (Å²) in [5, 5.41) is 0. The van der Waals surface area contributed by atoms with E-state index in [0.29, 0.717) is 6.54 Å². The van der Waals surface area contributed by atoms with E-state index in [1.165, 1.54) is 13.0 Å². The van der Waals surface area contributed by atoms with Crippen molar-refractivity contribution in [2.45, 2.75) is 45.2 Å². The Morgan fingerprint density at radius 1 is 1.35 bits per heavy atom. The number of nitrogens with two attached hydrogens (primary N) is 1. The van der Waals surface area contributed by atoms with Crippen molar-refractivity contribution in [1.82, 2.24) is 4.90 Å². The maximum atomic E-state index is 13.9.